The molecule has 0 bridgehead atoms. The monoisotopic (exact) mass is 248 g/mol. The summed E-state index contributed by atoms with van der Waals surface area (Å²) in [5.74, 6) is 0.354. The van der Waals surface area contributed by atoms with E-state index in [0.29, 0.717) is 12.4 Å². The molecule has 84 valence electrons. The number of aryl methyl sites for hydroxylation is 1. The molecule has 1 aromatic rings. The molecular formula is C10H13ClO3S. The highest BCUT2D eigenvalue weighted by atomic mass is 35.7. The largest absolute Gasteiger partial charge is 0.492 e. The van der Waals surface area contributed by atoms with Crippen LogP contribution in [0.4, 0.5) is 0 Å². The second-order valence-electron chi connectivity index (χ2n) is 3.21. The number of hydrogen-bond acceptors (Lipinski definition) is 3. The first-order valence-electron chi connectivity index (χ1n) is 4.55. The van der Waals surface area contributed by atoms with Crippen molar-refractivity contribution in [3.05, 3.63) is 23.3 Å². The predicted molar refractivity (Wildman–Crippen MR) is 60.1 cm³/mol. The molecule has 0 unspecified atom stereocenters. The quantitative estimate of drug-likeness (QED) is 0.773. The molecule has 0 fully saturated rings. The molecule has 1 aromatic carbocycles. The summed E-state index contributed by atoms with van der Waals surface area (Å²) < 4.78 is 27.9. The van der Waals surface area contributed by atoms with Gasteiger partial charge >= 0.3 is 0 Å². The van der Waals surface area contributed by atoms with Crippen LogP contribution in [0.2, 0.25) is 0 Å². The molecule has 0 saturated carbocycles. The Kier molecular flexibility index (Phi) is 3.62. The van der Waals surface area contributed by atoms with Crippen LogP contribution in [0.3, 0.4) is 0 Å². The van der Waals surface area contributed by atoms with E-state index in [0.717, 1.165) is 11.1 Å². The molecule has 0 aliphatic heterocycles. The van der Waals surface area contributed by atoms with Gasteiger partial charge in [-0.15, -0.1) is 0 Å². The van der Waals surface area contributed by atoms with E-state index in [2.05, 4.69) is 0 Å². The van der Waals surface area contributed by atoms with Crippen LogP contribution in [0.5, 0.6) is 5.75 Å². The van der Waals surface area contributed by atoms with Crippen molar-refractivity contribution in [1.82, 2.24) is 0 Å². The Labute approximate surface area is 94.4 Å². The van der Waals surface area contributed by atoms with E-state index < -0.39 is 9.05 Å². The first-order valence-corrected chi connectivity index (χ1v) is 6.86. The van der Waals surface area contributed by atoms with E-state index in [4.69, 9.17) is 15.4 Å². The first-order chi connectivity index (χ1) is 6.88. The molecule has 0 N–H and O–H groups in total. The average molecular weight is 249 g/mol. The van der Waals surface area contributed by atoms with Crippen LogP contribution in [0.1, 0.15) is 18.1 Å². The van der Waals surface area contributed by atoms with Gasteiger partial charge in [0.15, 0.2) is 0 Å². The summed E-state index contributed by atoms with van der Waals surface area (Å²) in [5.41, 5.74) is 1.78. The summed E-state index contributed by atoms with van der Waals surface area (Å²) in [6.45, 7) is 5.91. The van der Waals surface area contributed by atoms with Gasteiger partial charge in [0.05, 0.1) is 6.61 Å². The Hall–Kier alpha value is -0.740. The molecular weight excluding hydrogens is 236 g/mol. The molecule has 0 radical (unpaired) electrons. The molecule has 0 spiro atoms. The van der Waals surface area contributed by atoms with Gasteiger partial charge in [-0.25, -0.2) is 8.42 Å². The zero-order valence-electron chi connectivity index (χ0n) is 8.87. The Bertz CT molecular complexity index is 466. The maximum Gasteiger partial charge on any atom is 0.264 e. The fraction of sp³-hybridized carbons (Fsp3) is 0.400. The lowest BCUT2D eigenvalue weighted by Crippen LogP contribution is -2.02. The van der Waals surface area contributed by atoms with Gasteiger partial charge in [0.25, 0.3) is 9.05 Å². The summed E-state index contributed by atoms with van der Waals surface area (Å²) in [7, 11) is 1.57. The van der Waals surface area contributed by atoms with Crippen molar-refractivity contribution < 1.29 is 13.2 Å². The van der Waals surface area contributed by atoms with Crippen LogP contribution in [-0.2, 0) is 9.05 Å². The minimum Gasteiger partial charge on any atom is -0.492 e. The molecule has 0 aliphatic rings. The van der Waals surface area contributed by atoms with E-state index >= 15 is 0 Å². The number of halogens is 1. The van der Waals surface area contributed by atoms with Gasteiger partial charge in [-0.1, -0.05) is 6.07 Å². The molecule has 1 rings (SSSR count). The van der Waals surface area contributed by atoms with Crippen molar-refractivity contribution in [2.45, 2.75) is 25.7 Å². The van der Waals surface area contributed by atoms with Crippen LogP contribution in [0, 0.1) is 13.8 Å². The minimum atomic E-state index is -3.75. The lowest BCUT2D eigenvalue weighted by Gasteiger charge is -2.12. The second kappa shape index (κ2) is 4.41. The molecule has 0 heterocycles. The van der Waals surface area contributed by atoms with Crippen molar-refractivity contribution in [2.75, 3.05) is 6.61 Å². The fourth-order valence-corrected chi connectivity index (χ4v) is 2.31. The van der Waals surface area contributed by atoms with Crippen LogP contribution >= 0.6 is 10.7 Å². The highest BCUT2D eigenvalue weighted by Gasteiger charge is 2.19. The summed E-state index contributed by atoms with van der Waals surface area (Å²) in [6, 6.07) is 3.18. The highest BCUT2D eigenvalue weighted by Crippen LogP contribution is 2.32. The summed E-state index contributed by atoms with van der Waals surface area (Å²) in [4.78, 5) is 0.0362. The van der Waals surface area contributed by atoms with Crippen molar-refractivity contribution in [3.63, 3.8) is 0 Å². The predicted octanol–water partition coefficient (Wildman–Crippen LogP) is 2.63. The number of rotatable bonds is 3. The molecule has 0 amide bonds. The fourth-order valence-electron chi connectivity index (χ4n) is 1.28. The van der Waals surface area contributed by atoms with Crippen molar-refractivity contribution in [1.29, 1.82) is 0 Å². The topological polar surface area (TPSA) is 43.4 Å². The van der Waals surface area contributed by atoms with Crippen LogP contribution in [0.25, 0.3) is 0 Å². The normalized spacial score (nSPS) is 11.5. The van der Waals surface area contributed by atoms with Crippen LogP contribution in [-0.4, -0.2) is 15.0 Å². The van der Waals surface area contributed by atoms with Gasteiger partial charge in [-0.3, -0.25) is 0 Å². The minimum absolute atomic E-state index is 0.0362. The number of hydrogen-bond donors (Lipinski definition) is 0. The summed E-state index contributed by atoms with van der Waals surface area (Å²) in [5, 5.41) is 0. The summed E-state index contributed by atoms with van der Waals surface area (Å²) >= 11 is 0. The van der Waals surface area contributed by atoms with E-state index in [1.807, 2.05) is 13.8 Å². The lowest BCUT2D eigenvalue weighted by molar-refractivity contribution is 0.328. The van der Waals surface area contributed by atoms with Gasteiger partial charge in [-0.2, -0.15) is 0 Å². The smallest absolute Gasteiger partial charge is 0.264 e. The second-order valence-corrected chi connectivity index (χ2v) is 5.74. The van der Waals surface area contributed by atoms with E-state index in [9.17, 15) is 8.42 Å². The lowest BCUT2D eigenvalue weighted by atomic mass is 10.1. The third-order valence-corrected chi connectivity index (χ3v) is 3.54. The average Bonchev–Trinajstić information content (AvgIpc) is 2.11. The highest BCUT2D eigenvalue weighted by molar-refractivity contribution is 8.13. The maximum absolute atomic E-state index is 11.3. The Morgan fingerprint density at radius 3 is 2.40 bits per heavy atom. The Balaban J connectivity index is 3.47. The zero-order valence-corrected chi connectivity index (χ0v) is 10.4. The van der Waals surface area contributed by atoms with E-state index in [-0.39, 0.29) is 4.90 Å². The zero-order chi connectivity index (χ0) is 11.6. The number of ether oxygens (including phenoxy) is 1. The van der Waals surface area contributed by atoms with Crippen molar-refractivity contribution >= 4 is 19.7 Å². The molecule has 3 nitrogen and oxygen atoms in total. The number of benzene rings is 1. The maximum atomic E-state index is 11.3. The van der Waals surface area contributed by atoms with Gasteiger partial charge in [0, 0.05) is 10.7 Å². The third-order valence-electron chi connectivity index (χ3n) is 2.19. The first kappa shape index (κ1) is 12.3. The van der Waals surface area contributed by atoms with Crippen molar-refractivity contribution in [3.8, 4) is 5.75 Å². The van der Waals surface area contributed by atoms with Crippen LogP contribution in [0.15, 0.2) is 17.0 Å². The third kappa shape index (κ3) is 2.63. The molecule has 0 aromatic heterocycles. The SMILES string of the molecule is CCOc1c(S(=O)(=O)Cl)ccc(C)c1C. The molecule has 5 heteroatoms. The van der Waals surface area contributed by atoms with Crippen LogP contribution < -0.4 is 4.74 Å². The van der Waals surface area contributed by atoms with Crippen molar-refractivity contribution in [2.24, 2.45) is 0 Å². The Morgan fingerprint density at radius 1 is 1.33 bits per heavy atom. The molecule has 0 aliphatic carbocycles. The van der Waals surface area contributed by atoms with Gasteiger partial charge < -0.3 is 4.74 Å². The Morgan fingerprint density at radius 2 is 1.93 bits per heavy atom. The molecule has 0 saturated heterocycles. The van der Waals surface area contributed by atoms with Gasteiger partial charge in [0.2, 0.25) is 0 Å². The standard InChI is InChI=1S/C10H13ClO3S/c1-4-14-10-8(3)7(2)5-6-9(10)15(11,12)13/h5-6H,4H2,1-3H3. The van der Waals surface area contributed by atoms with Gasteiger partial charge in [0.1, 0.15) is 10.6 Å². The van der Waals surface area contributed by atoms with E-state index in [1.54, 1.807) is 13.0 Å². The summed E-state index contributed by atoms with van der Waals surface area (Å²) in [6.07, 6.45) is 0. The molecule has 15 heavy (non-hydrogen) atoms. The van der Waals surface area contributed by atoms with Gasteiger partial charge in [-0.05, 0) is 38.0 Å². The molecule has 0 atom stereocenters. The van der Waals surface area contributed by atoms with E-state index in [1.165, 1.54) is 6.07 Å².